The van der Waals surface area contributed by atoms with E-state index in [1.54, 1.807) is 6.20 Å². The van der Waals surface area contributed by atoms with Crippen LogP contribution in [-0.4, -0.2) is 23.6 Å². The molecule has 0 spiro atoms. The fourth-order valence-corrected chi connectivity index (χ4v) is 3.13. The summed E-state index contributed by atoms with van der Waals surface area (Å²) >= 11 is 0.205. The molecule has 0 saturated heterocycles. The second-order valence-corrected chi connectivity index (χ2v) is 8.64. The predicted molar refractivity (Wildman–Crippen MR) is 87.3 cm³/mol. The van der Waals surface area contributed by atoms with Gasteiger partial charge < -0.3 is 4.55 Å². The Morgan fingerprint density at radius 1 is 1.38 bits per heavy atom. The van der Waals surface area contributed by atoms with Crippen molar-refractivity contribution in [3.63, 3.8) is 0 Å². The Morgan fingerprint density at radius 2 is 2.10 bits per heavy atom. The summed E-state index contributed by atoms with van der Waals surface area (Å²) in [6.07, 6.45) is 1.75. The van der Waals surface area contributed by atoms with Crippen LogP contribution in [0.2, 0.25) is 0 Å². The van der Waals surface area contributed by atoms with E-state index < -0.39 is 11.4 Å². The summed E-state index contributed by atoms with van der Waals surface area (Å²) in [5.74, 6) is 0.690. The third kappa shape index (κ3) is 4.23. The van der Waals surface area contributed by atoms with Gasteiger partial charge in [-0.3, -0.25) is 4.98 Å². The molecule has 5 nitrogen and oxygen atoms in total. The number of nitrogens with zero attached hydrogens (tertiary/aromatic N) is 3. The molecule has 7 heteroatoms. The maximum atomic E-state index is 12.1. The first-order valence-corrected chi connectivity index (χ1v) is 8.64. The summed E-state index contributed by atoms with van der Waals surface area (Å²) in [4.78, 5) is 8.71. The molecule has 0 bridgehead atoms. The minimum Gasteiger partial charge on any atom is -0.598 e. The van der Waals surface area contributed by atoms with Crippen LogP contribution in [0.1, 0.15) is 44.4 Å². The topological polar surface area (TPSA) is 73.8 Å². The largest absolute Gasteiger partial charge is 0.598 e. The van der Waals surface area contributed by atoms with Gasteiger partial charge in [0.05, 0.1) is 0 Å². The fraction of sp³-hybridized carbons (Fsp3) is 0.500. The van der Waals surface area contributed by atoms with Crippen LogP contribution in [0.4, 0.5) is 0 Å². The quantitative estimate of drug-likeness (QED) is 0.875. The van der Waals surface area contributed by atoms with E-state index in [1.165, 1.54) is 11.5 Å². The molecule has 0 aliphatic carbocycles. The van der Waals surface area contributed by atoms with Crippen LogP contribution in [0.15, 0.2) is 18.3 Å². The molecule has 21 heavy (non-hydrogen) atoms. The lowest BCUT2D eigenvalue weighted by atomic mass is 10.2. The van der Waals surface area contributed by atoms with Gasteiger partial charge in [0.15, 0.2) is 5.82 Å². The zero-order chi connectivity index (χ0) is 15.6. The number of hydrogen-bond acceptors (Lipinski definition) is 6. The van der Waals surface area contributed by atoms with Crippen molar-refractivity contribution in [1.29, 1.82) is 0 Å². The smallest absolute Gasteiger partial charge is 0.173 e. The SMILES string of the molecule is Cc1cc(-c2nsc([C@H](C)N[S+]([O-])C(C)(C)C)n2)ccn1. The fourth-order valence-electron chi connectivity index (χ4n) is 1.60. The maximum absolute atomic E-state index is 12.1. The normalized spacial score (nSPS) is 15.0. The molecule has 0 radical (unpaired) electrons. The number of aromatic nitrogens is 3. The molecule has 0 saturated carbocycles. The number of pyridine rings is 1. The number of hydrogen-bond donors (Lipinski definition) is 1. The molecule has 0 aliphatic heterocycles. The van der Waals surface area contributed by atoms with Crippen molar-refractivity contribution in [3.05, 3.63) is 29.0 Å². The van der Waals surface area contributed by atoms with Crippen LogP contribution in [0.3, 0.4) is 0 Å². The third-order valence-electron chi connectivity index (χ3n) is 2.81. The van der Waals surface area contributed by atoms with E-state index in [-0.39, 0.29) is 10.8 Å². The van der Waals surface area contributed by atoms with Crippen molar-refractivity contribution in [2.24, 2.45) is 0 Å². The van der Waals surface area contributed by atoms with Crippen LogP contribution in [0.25, 0.3) is 11.4 Å². The van der Waals surface area contributed by atoms with Crippen LogP contribution in [0.5, 0.6) is 0 Å². The molecule has 114 valence electrons. The van der Waals surface area contributed by atoms with E-state index >= 15 is 0 Å². The van der Waals surface area contributed by atoms with E-state index in [2.05, 4.69) is 19.1 Å². The van der Waals surface area contributed by atoms with Gasteiger partial charge in [-0.25, -0.2) is 4.98 Å². The standard InChI is InChI=1S/C14H20N4OS2/c1-9-8-11(6-7-15-9)12-16-13(20-17-12)10(2)18-21(19)14(3,4)5/h6-8,10,18H,1-5H3/t10-,21?/m0/s1. The highest BCUT2D eigenvalue weighted by atomic mass is 32.2. The Hall–Kier alpha value is -1.02. The first kappa shape index (κ1) is 16.4. The van der Waals surface area contributed by atoms with Crippen molar-refractivity contribution in [2.45, 2.75) is 45.4 Å². The average Bonchev–Trinajstić information content (AvgIpc) is 2.87. The van der Waals surface area contributed by atoms with Crippen LogP contribution >= 0.6 is 11.5 Å². The van der Waals surface area contributed by atoms with Gasteiger partial charge in [-0.15, -0.1) is 4.72 Å². The molecule has 0 aliphatic rings. The Bertz CT molecular complexity index is 609. The zero-order valence-electron chi connectivity index (χ0n) is 12.9. The Balaban J connectivity index is 2.13. The van der Waals surface area contributed by atoms with Crippen LogP contribution in [0, 0.1) is 6.92 Å². The van der Waals surface area contributed by atoms with E-state index in [0.717, 1.165) is 16.3 Å². The molecule has 2 rings (SSSR count). The second kappa shape index (κ2) is 6.39. The molecule has 2 aromatic heterocycles. The summed E-state index contributed by atoms with van der Waals surface area (Å²) < 4.78 is 19.3. The predicted octanol–water partition coefficient (Wildman–Crippen LogP) is 3.02. The summed E-state index contributed by atoms with van der Waals surface area (Å²) in [6, 6.07) is 3.75. The molecule has 0 fully saturated rings. The summed E-state index contributed by atoms with van der Waals surface area (Å²) in [6.45, 7) is 9.70. The average molecular weight is 324 g/mol. The summed E-state index contributed by atoms with van der Waals surface area (Å²) in [5, 5.41) is 0.831. The van der Waals surface area contributed by atoms with E-state index in [0.29, 0.717) is 5.82 Å². The van der Waals surface area contributed by atoms with Crippen molar-refractivity contribution in [1.82, 2.24) is 19.1 Å². The molecule has 1 N–H and O–H groups in total. The van der Waals surface area contributed by atoms with Gasteiger partial charge in [0.25, 0.3) is 0 Å². The lowest BCUT2D eigenvalue weighted by Crippen LogP contribution is -2.40. The highest BCUT2D eigenvalue weighted by Gasteiger charge is 2.29. The van der Waals surface area contributed by atoms with E-state index in [4.69, 9.17) is 0 Å². The monoisotopic (exact) mass is 324 g/mol. The number of rotatable bonds is 4. The van der Waals surface area contributed by atoms with E-state index in [1.807, 2.05) is 46.8 Å². The molecule has 0 amide bonds. The minimum atomic E-state index is -1.13. The van der Waals surface area contributed by atoms with Gasteiger partial charge in [-0.05, 0) is 58.3 Å². The van der Waals surface area contributed by atoms with Crippen molar-refractivity contribution in [2.75, 3.05) is 0 Å². The molecule has 1 unspecified atom stereocenters. The Labute approximate surface area is 132 Å². The number of nitrogens with one attached hydrogen (secondary N) is 1. The maximum Gasteiger partial charge on any atom is 0.173 e. The Kier molecular flexibility index (Phi) is 4.98. The van der Waals surface area contributed by atoms with Gasteiger partial charge >= 0.3 is 0 Å². The first-order chi connectivity index (χ1) is 9.77. The third-order valence-corrected chi connectivity index (χ3v) is 5.38. The van der Waals surface area contributed by atoms with Gasteiger partial charge in [-0.2, -0.15) is 4.37 Å². The Morgan fingerprint density at radius 3 is 2.71 bits per heavy atom. The van der Waals surface area contributed by atoms with Gasteiger partial charge in [-0.1, -0.05) is 0 Å². The molecular weight excluding hydrogens is 304 g/mol. The van der Waals surface area contributed by atoms with Crippen LogP contribution < -0.4 is 4.72 Å². The molecule has 2 aromatic rings. The van der Waals surface area contributed by atoms with Gasteiger partial charge in [0.1, 0.15) is 15.8 Å². The lowest BCUT2D eigenvalue weighted by Gasteiger charge is -2.25. The lowest BCUT2D eigenvalue weighted by molar-refractivity contribution is 0.531. The summed E-state index contributed by atoms with van der Waals surface area (Å²) in [7, 11) is 0. The molecular formula is C14H20N4OS2. The molecule has 2 heterocycles. The molecule has 0 aromatic carbocycles. The molecule has 2 atom stereocenters. The number of aryl methyl sites for hydroxylation is 1. The van der Waals surface area contributed by atoms with Crippen molar-refractivity contribution in [3.8, 4) is 11.4 Å². The van der Waals surface area contributed by atoms with E-state index in [9.17, 15) is 4.55 Å². The second-order valence-electron chi connectivity index (χ2n) is 5.86. The van der Waals surface area contributed by atoms with Crippen molar-refractivity contribution >= 4 is 22.9 Å². The summed E-state index contributed by atoms with van der Waals surface area (Å²) in [5.41, 5.74) is 1.89. The van der Waals surface area contributed by atoms with Gasteiger partial charge in [0.2, 0.25) is 0 Å². The van der Waals surface area contributed by atoms with Crippen molar-refractivity contribution < 1.29 is 4.55 Å². The highest BCUT2D eigenvalue weighted by Crippen LogP contribution is 2.24. The van der Waals surface area contributed by atoms with Gasteiger partial charge in [0, 0.05) is 28.8 Å². The minimum absolute atomic E-state index is 0.0979. The highest BCUT2D eigenvalue weighted by molar-refractivity contribution is 7.90. The zero-order valence-corrected chi connectivity index (χ0v) is 14.5. The first-order valence-electron chi connectivity index (χ1n) is 6.72. The van der Waals surface area contributed by atoms with Crippen LogP contribution in [-0.2, 0) is 11.4 Å².